The summed E-state index contributed by atoms with van der Waals surface area (Å²) in [4.78, 5) is 32.0. The van der Waals surface area contributed by atoms with Gasteiger partial charge in [0.05, 0.1) is 38.6 Å². The molecule has 0 saturated carbocycles. The standard InChI is InChI=1S/C29H29IN2O5S/c1-6-13-37-26-21(30)14-19(15-22(26)35-7-2)16-23-27(33)32-25(20-11-9-17(4)10-12-20)24(28(34)36-8-3)18(5)31-29(32)38-23/h6,9-12,14-16,25H,1,7-8,13H2,2-5H3/b23-16-/t25-/m0/s1. The van der Waals surface area contributed by atoms with Crippen LogP contribution in [-0.4, -0.2) is 30.4 Å². The Kier molecular flexibility index (Phi) is 8.88. The number of allylic oxidation sites excluding steroid dienone is 1. The fraction of sp³-hybridized carbons (Fsp3) is 0.276. The summed E-state index contributed by atoms with van der Waals surface area (Å²) in [6.07, 6.45) is 3.50. The van der Waals surface area contributed by atoms with E-state index in [1.54, 1.807) is 24.5 Å². The van der Waals surface area contributed by atoms with Gasteiger partial charge >= 0.3 is 5.97 Å². The van der Waals surface area contributed by atoms with E-state index in [9.17, 15) is 9.59 Å². The second-order valence-electron chi connectivity index (χ2n) is 8.58. The van der Waals surface area contributed by atoms with Gasteiger partial charge in [0.25, 0.3) is 5.56 Å². The third-order valence-electron chi connectivity index (χ3n) is 5.89. The van der Waals surface area contributed by atoms with Gasteiger partial charge in [-0.1, -0.05) is 53.8 Å². The molecule has 1 aliphatic heterocycles. The molecule has 0 radical (unpaired) electrons. The number of hydrogen-bond donors (Lipinski definition) is 0. The van der Waals surface area contributed by atoms with Crippen molar-refractivity contribution in [3.8, 4) is 11.5 Å². The Bertz CT molecular complexity index is 1580. The first-order chi connectivity index (χ1) is 18.3. The SMILES string of the molecule is C=CCOc1c(I)cc(/C=c2\sc3n(c2=O)[C@@H](c2ccc(C)cc2)C(C(=O)OCC)=C(C)N=3)cc1OCC. The molecule has 0 saturated heterocycles. The Morgan fingerprint density at radius 3 is 2.55 bits per heavy atom. The van der Waals surface area contributed by atoms with Crippen LogP contribution in [0.15, 0.2) is 70.1 Å². The maximum Gasteiger partial charge on any atom is 0.338 e. The van der Waals surface area contributed by atoms with Gasteiger partial charge in [0.1, 0.15) is 6.61 Å². The largest absolute Gasteiger partial charge is 0.490 e. The predicted molar refractivity (Wildman–Crippen MR) is 158 cm³/mol. The fourth-order valence-corrected chi connectivity index (χ4v) is 6.05. The molecule has 0 aliphatic carbocycles. The van der Waals surface area contributed by atoms with E-state index in [1.807, 2.05) is 56.3 Å². The molecule has 4 rings (SSSR count). The van der Waals surface area contributed by atoms with Crippen LogP contribution in [0.4, 0.5) is 0 Å². The molecule has 1 atom stereocenters. The van der Waals surface area contributed by atoms with Crippen LogP contribution in [0, 0.1) is 10.5 Å². The van der Waals surface area contributed by atoms with E-state index < -0.39 is 12.0 Å². The quantitative estimate of drug-likeness (QED) is 0.192. The molecule has 38 heavy (non-hydrogen) atoms. The Balaban J connectivity index is 1.90. The highest BCUT2D eigenvalue weighted by molar-refractivity contribution is 14.1. The van der Waals surface area contributed by atoms with Crippen molar-refractivity contribution < 1.29 is 19.0 Å². The van der Waals surface area contributed by atoms with Gasteiger partial charge in [0.15, 0.2) is 16.3 Å². The molecule has 9 heteroatoms. The highest BCUT2D eigenvalue weighted by Gasteiger charge is 2.33. The number of halogens is 1. The van der Waals surface area contributed by atoms with Crippen molar-refractivity contribution in [2.45, 2.75) is 33.7 Å². The lowest BCUT2D eigenvalue weighted by Gasteiger charge is -2.24. The van der Waals surface area contributed by atoms with Gasteiger partial charge < -0.3 is 14.2 Å². The van der Waals surface area contributed by atoms with E-state index in [4.69, 9.17) is 14.2 Å². The zero-order chi connectivity index (χ0) is 27.4. The van der Waals surface area contributed by atoms with Gasteiger partial charge in [-0.25, -0.2) is 9.79 Å². The van der Waals surface area contributed by atoms with Crippen LogP contribution >= 0.6 is 33.9 Å². The van der Waals surface area contributed by atoms with Crippen LogP contribution in [0.5, 0.6) is 11.5 Å². The molecule has 1 aliphatic rings. The number of rotatable bonds is 9. The van der Waals surface area contributed by atoms with E-state index in [2.05, 4.69) is 34.2 Å². The highest BCUT2D eigenvalue weighted by atomic mass is 127. The van der Waals surface area contributed by atoms with Crippen molar-refractivity contribution in [1.82, 2.24) is 4.57 Å². The molecule has 0 fully saturated rings. The Morgan fingerprint density at radius 1 is 1.16 bits per heavy atom. The molecule has 3 aromatic rings. The van der Waals surface area contributed by atoms with Crippen molar-refractivity contribution in [2.75, 3.05) is 19.8 Å². The summed E-state index contributed by atoms with van der Waals surface area (Å²) in [5.41, 5.74) is 3.37. The maximum atomic E-state index is 13.8. The monoisotopic (exact) mass is 644 g/mol. The van der Waals surface area contributed by atoms with E-state index in [0.29, 0.717) is 45.3 Å². The summed E-state index contributed by atoms with van der Waals surface area (Å²) < 4.78 is 19.9. The van der Waals surface area contributed by atoms with Gasteiger partial charge in [-0.3, -0.25) is 9.36 Å². The average Bonchev–Trinajstić information content (AvgIpc) is 3.17. The molecule has 0 N–H and O–H groups in total. The maximum absolute atomic E-state index is 13.8. The number of aryl methyl sites for hydroxylation is 1. The number of esters is 1. The molecule has 0 unspecified atom stereocenters. The summed E-state index contributed by atoms with van der Waals surface area (Å²) in [7, 11) is 0. The lowest BCUT2D eigenvalue weighted by Crippen LogP contribution is -2.39. The summed E-state index contributed by atoms with van der Waals surface area (Å²) in [5, 5.41) is 0. The van der Waals surface area contributed by atoms with Gasteiger partial charge in [-0.15, -0.1) is 0 Å². The molecule has 1 aromatic heterocycles. The number of hydrogen-bond acceptors (Lipinski definition) is 7. The van der Waals surface area contributed by atoms with Gasteiger partial charge in [-0.2, -0.15) is 0 Å². The van der Waals surface area contributed by atoms with Crippen LogP contribution in [0.25, 0.3) is 6.08 Å². The van der Waals surface area contributed by atoms with Gasteiger partial charge in [0, 0.05) is 0 Å². The van der Waals surface area contributed by atoms with Crippen LogP contribution in [0.1, 0.15) is 43.5 Å². The zero-order valence-electron chi connectivity index (χ0n) is 21.7. The lowest BCUT2D eigenvalue weighted by molar-refractivity contribution is -0.139. The first-order valence-electron chi connectivity index (χ1n) is 12.2. The number of thiazole rings is 1. The summed E-state index contributed by atoms with van der Waals surface area (Å²) in [5.74, 6) is 0.762. The van der Waals surface area contributed by atoms with Crippen LogP contribution < -0.4 is 24.4 Å². The molecule has 2 aromatic carbocycles. The average molecular weight is 645 g/mol. The number of carbonyl (C=O) groups excluding carboxylic acids is 1. The summed E-state index contributed by atoms with van der Waals surface area (Å²) in [6, 6.07) is 11.0. The molecule has 0 spiro atoms. The minimum Gasteiger partial charge on any atom is -0.490 e. The van der Waals surface area contributed by atoms with E-state index >= 15 is 0 Å². The second kappa shape index (κ2) is 12.1. The Labute approximate surface area is 238 Å². The number of aromatic nitrogens is 1. The smallest absolute Gasteiger partial charge is 0.338 e. The Morgan fingerprint density at radius 2 is 1.89 bits per heavy atom. The number of nitrogens with zero attached hydrogens (tertiary/aromatic N) is 2. The van der Waals surface area contributed by atoms with E-state index in [-0.39, 0.29) is 12.2 Å². The number of fused-ring (bicyclic) bond motifs is 1. The number of carbonyl (C=O) groups is 1. The third-order valence-corrected chi connectivity index (χ3v) is 7.67. The Hall–Kier alpha value is -3.18. The predicted octanol–water partition coefficient (Wildman–Crippen LogP) is 4.67. The first kappa shape index (κ1) is 27.8. The zero-order valence-corrected chi connectivity index (χ0v) is 24.7. The third kappa shape index (κ3) is 5.63. The molecule has 0 bridgehead atoms. The van der Waals surface area contributed by atoms with Crippen molar-refractivity contribution >= 4 is 46.0 Å². The second-order valence-corrected chi connectivity index (χ2v) is 10.7. The lowest BCUT2D eigenvalue weighted by atomic mass is 9.95. The number of ether oxygens (including phenoxy) is 3. The van der Waals surface area contributed by atoms with Crippen molar-refractivity contribution in [3.63, 3.8) is 0 Å². The van der Waals surface area contributed by atoms with Crippen molar-refractivity contribution in [2.24, 2.45) is 4.99 Å². The molecule has 0 amide bonds. The fourth-order valence-electron chi connectivity index (χ4n) is 4.22. The first-order valence-corrected chi connectivity index (χ1v) is 14.1. The normalized spacial score (nSPS) is 15.1. The minimum absolute atomic E-state index is 0.228. The highest BCUT2D eigenvalue weighted by Crippen LogP contribution is 2.35. The summed E-state index contributed by atoms with van der Waals surface area (Å²) >= 11 is 3.48. The molecule has 7 nitrogen and oxygen atoms in total. The molecular formula is C29H29IN2O5S. The summed E-state index contributed by atoms with van der Waals surface area (Å²) in [6.45, 7) is 12.2. The molecule has 2 heterocycles. The minimum atomic E-state index is -0.637. The molecule has 198 valence electrons. The van der Waals surface area contributed by atoms with Gasteiger partial charge in [0.2, 0.25) is 0 Å². The van der Waals surface area contributed by atoms with E-state index in [0.717, 1.165) is 20.3 Å². The van der Waals surface area contributed by atoms with Crippen LogP contribution in [0.2, 0.25) is 0 Å². The van der Waals surface area contributed by atoms with Crippen molar-refractivity contribution in [3.05, 3.63) is 100 Å². The topological polar surface area (TPSA) is 79.1 Å². The van der Waals surface area contributed by atoms with Crippen LogP contribution in [-0.2, 0) is 9.53 Å². The molecular weight excluding hydrogens is 615 g/mol. The van der Waals surface area contributed by atoms with Gasteiger partial charge in [-0.05, 0) is 79.6 Å². The van der Waals surface area contributed by atoms with Crippen molar-refractivity contribution in [1.29, 1.82) is 0 Å². The van der Waals surface area contributed by atoms with Crippen LogP contribution in [0.3, 0.4) is 0 Å². The number of benzene rings is 2. The van der Waals surface area contributed by atoms with E-state index in [1.165, 1.54) is 11.3 Å².